The number of nitrogens with zero attached hydrogens (tertiary/aromatic N) is 3. The van der Waals surface area contributed by atoms with E-state index in [1.165, 1.54) is 16.7 Å². The van der Waals surface area contributed by atoms with Gasteiger partial charge < -0.3 is 4.74 Å². The molecule has 0 saturated carbocycles. The smallest absolute Gasteiger partial charge is 0.416 e. The van der Waals surface area contributed by atoms with E-state index >= 15 is 0 Å². The molecule has 28 heavy (non-hydrogen) atoms. The highest BCUT2D eigenvalue weighted by atomic mass is 79.9. The van der Waals surface area contributed by atoms with Crippen LogP contribution in [0.25, 0.3) is 0 Å². The van der Waals surface area contributed by atoms with Gasteiger partial charge in [0.2, 0.25) is 0 Å². The van der Waals surface area contributed by atoms with Crippen LogP contribution in [0.5, 0.6) is 0 Å². The number of ether oxygens (including phenoxy) is 1. The Morgan fingerprint density at radius 1 is 1.32 bits per heavy atom. The summed E-state index contributed by atoms with van der Waals surface area (Å²) in [6.45, 7) is 3.49. The Labute approximate surface area is 172 Å². The SMILES string of the molecule is CSc1ncc(Br)c(CN2C(=O)O[C@H](c3cc(C)cc(C(F)(F)F)c3)[C@@H]2C)n1. The Morgan fingerprint density at radius 3 is 2.68 bits per heavy atom. The number of rotatable bonds is 4. The molecule has 0 radical (unpaired) electrons. The van der Waals surface area contributed by atoms with Gasteiger partial charge in [-0.3, -0.25) is 4.90 Å². The zero-order valence-corrected chi connectivity index (χ0v) is 17.7. The van der Waals surface area contributed by atoms with Gasteiger partial charge in [0.05, 0.1) is 28.3 Å². The topological polar surface area (TPSA) is 55.3 Å². The first kappa shape index (κ1) is 20.9. The van der Waals surface area contributed by atoms with Crippen LogP contribution in [0.1, 0.15) is 35.4 Å². The molecule has 1 amide bonds. The van der Waals surface area contributed by atoms with E-state index < -0.39 is 30.0 Å². The fourth-order valence-corrected chi connectivity index (χ4v) is 3.73. The number of amides is 1. The standard InChI is InChI=1S/C18H17BrF3N3O2S/c1-9-4-11(6-12(5-9)18(20,21)22)15-10(2)25(17(26)27-15)8-14-13(19)7-23-16(24-14)28-3/h4-7,10,15H,8H2,1-3H3/t10-,15-/m0/s1. The molecule has 150 valence electrons. The van der Waals surface area contributed by atoms with Gasteiger partial charge in [0, 0.05) is 6.20 Å². The first-order valence-electron chi connectivity index (χ1n) is 8.31. The maximum atomic E-state index is 13.1. The van der Waals surface area contributed by atoms with Crippen LogP contribution in [0.2, 0.25) is 0 Å². The third-order valence-corrected chi connectivity index (χ3v) is 5.67. The lowest BCUT2D eigenvalue weighted by atomic mass is 9.98. The molecule has 2 heterocycles. The summed E-state index contributed by atoms with van der Waals surface area (Å²) in [7, 11) is 0. The molecule has 1 aliphatic heterocycles. The van der Waals surface area contributed by atoms with Crippen LogP contribution in [0.4, 0.5) is 18.0 Å². The normalized spacial score (nSPS) is 19.8. The summed E-state index contributed by atoms with van der Waals surface area (Å²) >= 11 is 4.74. The molecule has 2 aromatic rings. The van der Waals surface area contributed by atoms with Crippen molar-refractivity contribution in [2.45, 2.75) is 43.9 Å². The number of hydrogen-bond acceptors (Lipinski definition) is 5. The zero-order chi connectivity index (χ0) is 20.6. The van der Waals surface area contributed by atoms with E-state index in [-0.39, 0.29) is 6.54 Å². The maximum absolute atomic E-state index is 13.1. The number of halogens is 4. The summed E-state index contributed by atoms with van der Waals surface area (Å²) < 4.78 is 45.5. The molecule has 0 unspecified atom stereocenters. The maximum Gasteiger partial charge on any atom is 0.416 e. The average Bonchev–Trinajstić information content (AvgIpc) is 2.90. The Hall–Kier alpha value is -1.81. The Balaban J connectivity index is 1.88. The second-order valence-corrected chi connectivity index (χ2v) is 8.08. The lowest BCUT2D eigenvalue weighted by Crippen LogP contribution is -2.32. The minimum atomic E-state index is -4.47. The summed E-state index contributed by atoms with van der Waals surface area (Å²) in [5.41, 5.74) is 0.619. The van der Waals surface area contributed by atoms with Gasteiger partial charge in [-0.1, -0.05) is 23.4 Å². The van der Waals surface area contributed by atoms with E-state index in [2.05, 4.69) is 25.9 Å². The predicted molar refractivity (Wildman–Crippen MR) is 102 cm³/mol. The molecule has 2 atom stereocenters. The van der Waals surface area contributed by atoms with E-state index in [1.54, 1.807) is 26.1 Å². The van der Waals surface area contributed by atoms with Crippen LogP contribution in [-0.4, -0.2) is 33.3 Å². The number of hydrogen-bond donors (Lipinski definition) is 0. The predicted octanol–water partition coefficient (Wildman–Crippen LogP) is 5.37. The molecule has 1 aliphatic rings. The van der Waals surface area contributed by atoms with Crippen LogP contribution in [0, 0.1) is 6.92 Å². The van der Waals surface area contributed by atoms with Crippen LogP contribution in [-0.2, 0) is 17.5 Å². The molecule has 0 aliphatic carbocycles. The van der Waals surface area contributed by atoms with Crippen molar-refractivity contribution in [3.05, 3.63) is 51.3 Å². The fraction of sp³-hybridized carbons (Fsp3) is 0.389. The van der Waals surface area contributed by atoms with Crippen LogP contribution in [0.3, 0.4) is 0 Å². The minimum Gasteiger partial charge on any atom is -0.439 e. The quantitative estimate of drug-likeness (QED) is 0.439. The number of aromatic nitrogens is 2. The lowest BCUT2D eigenvalue weighted by Gasteiger charge is -2.22. The number of benzene rings is 1. The van der Waals surface area contributed by atoms with Gasteiger partial charge in [0.1, 0.15) is 6.10 Å². The lowest BCUT2D eigenvalue weighted by molar-refractivity contribution is -0.137. The van der Waals surface area contributed by atoms with Gasteiger partial charge in [-0.25, -0.2) is 14.8 Å². The highest BCUT2D eigenvalue weighted by Gasteiger charge is 2.41. The van der Waals surface area contributed by atoms with Crippen molar-refractivity contribution >= 4 is 33.8 Å². The molecule has 1 fully saturated rings. The second-order valence-electron chi connectivity index (χ2n) is 6.45. The first-order valence-corrected chi connectivity index (χ1v) is 10.3. The van der Waals surface area contributed by atoms with Gasteiger partial charge >= 0.3 is 12.3 Å². The van der Waals surface area contributed by atoms with Gasteiger partial charge in [-0.15, -0.1) is 0 Å². The Bertz CT molecular complexity index is 910. The van der Waals surface area contributed by atoms with Crippen molar-refractivity contribution in [1.29, 1.82) is 0 Å². The summed E-state index contributed by atoms with van der Waals surface area (Å²) in [4.78, 5) is 22.4. The van der Waals surface area contributed by atoms with Crippen molar-refractivity contribution < 1.29 is 22.7 Å². The number of aryl methyl sites for hydroxylation is 1. The number of thioether (sulfide) groups is 1. The van der Waals surface area contributed by atoms with Crippen LogP contribution >= 0.6 is 27.7 Å². The van der Waals surface area contributed by atoms with Crippen molar-refractivity contribution in [1.82, 2.24) is 14.9 Å². The molecule has 10 heteroatoms. The summed E-state index contributed by atoms with van der Waals surface area (Å²) in [5.74, 6) is 0. The Kier molecular flexibility index (Phi) is 5.90. The van der Waals surface area contributed by atoms with Crippen molar-refractivity contribution in [3.8, 4) is 0 Å². The van der Waals surface area contributed by atoms with Crippen molar-refractivity contribution in [2.75, 3.05) is 6.26 Å². The molecule has 1 aromatic heterocycles. The van der Waals surface area contributed by atoms with E-state index in [4.69, 9.17) is 4.74 Å². The van der Waals surface area contributed by atoms with Crippen LogP contribution in [0.15, 0.2) is 34.0 Å². The second kappa shape index (κ2) is 7.90. The molecular weight excluding hydrogens is 459 g/mol. The van der Waals surface area contributed by atoms with E-state index in [0.717, 1.165) is 12.1 Å². The molecular formula is C18H17BrF3N3O2S. The third-order valence-electron chi connectivity index (χ3n) is 4.44. The van der Waals surface area contributed by atoms with Crippen molar-refractivity contribution in [3.63, 3.8) is 0 Å². The largest absolute Gasteiger partial charge is 0.439 e. The van der Waals surface area contributed by atoms with E-state index in [9.17, 15) is 18.0 Å². The molecule has 0 bridgehead atoms. The van der Waals surface area contributed by atoms with E-state index in [1.807, 2.05) is 6.26 Å². The number of carbonyl (C=O) groups is 1. The third kappa shape index (κ3) is 4.27. The number of cyclic esters (lactones) is 1. The molecule has 1 saturated heterocycles. The van der Waals surface area contributed by atoms with Gasteiger partial charge in [0.25, 0.3) is 0 Å². The number of alkyl halides is 3. The number of carbonyl (C=O) groups excluding carboxylic acids is 1. The zero-order valence-electron chi connectivity index (χ0n) is 15.2. The van der Waals surface area contributed by atoms with Gasteiger partial charge in [0.15, 0.2) is 5.16 Å². The Morgan fingerprint density at radius 2 is 2.04 bits per heavy atom. The van der Waals surface area contributed by atoms with Crippen LogP contribution < -0.4 is 0 Å². The summed E-state index contributed by atoms with van der Waals surface area (Å²) in [6, 6.07) is 3.26. The molecule has 3 rings (SSSR count). The summed E-state index contributed by atoms with van der Waals surface area (Å²) in [5, 5.41) is 0.559. The molecule has 5 nitrogen and oxygen atoms in total. The van der Waals surface area contributed by atoms with Crippen molar-refractivity contribution in [2.24, 2.45) is 0 Å². The molecule has 1 aromatic carbocycles. The van der Waals surface area contributed by atoms with E-state index in [0.29, 0.717) is 26.4 Å². The summed E-state index contributed by atoms with van der Waals surface area (Å²) in [6.07, 6.45) is -2.41. The molecule has 0 N–H and O–H groups in total. The average molecular weight is 476 g/mol. The minimum absolute atomic E-state index is 0.158. The first-order chi connectivity index (χ1) is 13.1. The monoisotopic (exact) mass is 475 g/mol. The van der Waals surface area contributed by atoms with Gasteiger partial charge in [-0.2, -0.15) is 13.2 Å². The highest BCUT2D eigenvalue weighted by Crippen LogP contribution is 2.37. The molecule has 0 spiro atoms. The van der Waals surface area contributed by atoms with Gasteiger partial charge in [-0.05, 0) is 53.7 Å². The fourth-order valence-electron chi connectivity index (χ4n) is 3.05. The highest BCUT2D eigenvalue weighted by molar-refractivity contribution is 9.10.